The molecular weight excluding hydrogens is 418 g/mol. The zero-order valence-electron chi connectivity index (χ0n) is 16.7. The number of fused-ring (bicyclic) bond motifs is 1. The van der Waals surface area contributed by atoms with E-state index in [-0.39, 0.29) is 17.9 Å². The molecule has 0 unspecified atom stereocenters. The summed E-state index contributed by atoms with van der Waals surface area (Å²) in [6, 6.07) is 14.6. The summed E-state index contributed by atoms with van der Waals surface area (Å²) in [5, 5.41) is 18.0. The minimum absolute atomic E-state index is 0.134. The Morgan fingerprint density at radius 1 is 1.13 bits per heavy atom. The molecule has 0 amide bonds. The van der Waals surface area contributed by atoms with Crippen LogP contribution < -0.4 is 15.0 Å². The smallest absolute Gasteiger partial charge is 0.277 e. The molecule has 9 nitrogen and oxygen atoms in total. The van der Waals surface area contributed by atoms with E-state index < -0.39 is 0 Å². The number of hydrogen-bond donors (Lipinski definition) is 0. The highest BCUT2D eigenvalue weighted by atomic mass is 32.2. The first-order valence-electron chi connectivity index (χ1n) is 9.18. The zero-order chi connectivity index (χ0) is 21.8. The highest BCUT2D eigenvalue weighted by molar-refractivity contribution is 7.98. The number of rotatable bonds is 7. The molecule has 31 heavy (non-hydrogen) atoms. The second kappa shape index (κ2) is 8.89. The number of nitrogens with zero attached hydrogens (tertiary/aromatic N) is 5. The summed E-state index contributed by atoms with van der Waals surface area (Å²) in [5.74, 6) is 1.95. The van der Waals surface area contributed by atoms with Gasteiger partial charge in [-0.05, 0) is 18.2 Å². The van der Waals surface area contributed by atoms with Crippen molar-refractivity contribution in [3.63, 3.8) is 0 Å². The number of aromatic nitrogens is 4. The van der Waals surface area contributed by atoms with Gasteiger partial charge in [0.1, 0.15) is 12.4 Å². The Kier molecular flexibility index (Phi) is 5.86. The van der Waals surface area contributed by atoms with Crippen molar-refractivity contribution in [3.05, 3.63) is 58.6 Å². The van der Waals surface area contributed by atoms with E-state index in [1.165, 1.54) is 30.5 Å². The molecule has 0 saturated heterocycles. The van der Waals surface area contributed by atoms with E-state index in [9.17, 15) is 10.1 Å². The molecule has 2 heterocycles. The topological polar surface area (TPSA) is 116 Å². The van der Waals surface area contributed by atoms with Gasteiger partial charge in [-0.25, -0.2) is 4.98 Å². The third-order valence-corrected chi connectivity index (χ3v) is 5.33. The van der Waals surface area contributed by atoms with Gasteiger partial charge in [0.15, 0.2) is 11.5 Å². The summed E-state index contributed by atoms with van der Waals surface area (Å²) in [4.78, 5) is 17.6. The van der Waals surface area contributed by atoms with Crippen molar-refractivity contribution in [3.8, 4) is 29.0 Å². The Bertz CT molecular complexity index is 1330. The van der Waals surface area contributed by atoms with Gasteiger partial charge >= 0.3 is 0 Å². The van der Waals surface area contributed by atoms with Crippen molar-refractivity contribution < 1.29 is 13.9 Å². The SMILES string of the molecule is COc1cc2nc(CSc3nnc(-c4ccccc4)o3)n(CC#N)c(=O)c2cc1OC. The average molecular weight is 435 g/mol. The van der Waals surface area contributed by atoms with Gasteiger partial charge in [-0.2, -0.15) is 5.26 Å². The van der Waals surface area contributed by atoms with E-state index in [1.807, 2.05) is 36.4 Å². The lowest BCUT2D eigenvalue weighted by Crippen LogP contribution is -2.25. The maximum absolute atomic E-state index is 13.0. The molecule has 2 aromatic heterocycles. The molecule has 0 aliphatic heterocycles. The van der Waals surface area contributed by atoms with Crippen LogP contribution in [0.5, 0.6) is 11.5 Å². The van der Waals surface area contributed by atoms with Crippen molar-refractivity contribution >= 4 is 22.7 Å². The normalized spacial score (nSPS) is 10.7. The predicted molar refractivity (Wildman–Crippen MR) is 114 cm³/mol. The molecule has 10 heteroatoms. The fourth-order valence-electron chi connectivity index (χ4n) is 3.03. The lowest BCUT2D eigenvalue weighted by atomic mass is 10.2. The fraction of sp³-hybridized carbons (Fsp3) is 0.190. The Hall–Kier alpha value is -3.84. The first-order valence-corrected chi connectivity index (χ1v) is 10.2. The largest absolute Gasteiger partial charge is 0.493 e. The van der Waals surface area contributed by atoms with Crippen LogP contribution in [0.3, 0.4) is 0 Å². The van der Waals surface area contributed by atoms with Crippen molar-refractivity contribution in [2.45, 2.75) is 17.5 Å². The summed E-state index contributed by atoms with van der Waals surface area (Å²) >= 11 is 1.24. The van der Waals surface area contributed by atoms with E-state index >= 15 is 0 Å². The number of ether oxygens (including phenoxy) is 2. The Labute approximate surface area is 181 Å². The monoisotopic (exact) mass is 435 g/mol. The van der Waals surface area contributed by atoms with Crippen LogP contribution in [0.2, 0.25) is 0 Å². The highest BCUT2D eigenvalue weighted by Gasteiger charge is 2.16. The summed E-state index contributed by atoms with van der Waals surface area (Å²) < 4.78 is 17.6. The Morgan fingerprint density at radius 2 is 1.87 bits per heavy atom. The fourth-order valence-corrected chi connectivity index (χ4v) is 3.74. The molecule has 0 N–H and O–H groups in total. The molecule has 0 fully saturated rings. The van der Waals surface area contributed by atoms with Gasteiger partial charge < -0.3 is 13.9 Å². The molecule has 4 aromatic rings. The molecule has 156 valence electrons. The van der Waals surface area contributed by atoms with Crippen LogP contribution in [0.25, 0.3) is 22.4 Å². The van der Waals surface area contributed by atoms with Crippen LogP contribution >= 0.6 is 11.8 Å². The van der Waals surface area contributed by atoms with Gasteiger partial charge in [-0.3, -0.25) is 9.36 Å². The third-order valence-electron chi connectivity index (χ3n) is 4.52. The Balaban J connectivity index is 1.68. The lowest BCUT2D eigenvalue weighted by molar-refractivity contribution is 0.355. The van der Waals surface area contributed by atoms with Crippen molar-refractivity contribution in [2.24, 2.45) is 0 Å². The quantitative estimate of drug-likeness (QED) is 0.403. The van der Waals surface area contributed by atoms with E-state index in [4.69, 9.17) is 13.9 Å². The second-order valence-electron chi connectivity index (χ2n) is 6.33. The number of hydrogen-bond acceptors (Lipinski definition) is 9. The Morgan fingerprint density at radius 3 is 2.58 bits per heavy atom. The van der Waals surface area contributed by atoms with Crippen molar-refractivity contribution in [1.82, 2.24) is 19.7 Å². The van der Waals surface area contributed by atoms with Gasteiger partial charge in [0.05, 0.1) is 36.9 Å². The summed E-state index contributed by atoms with van der Waals surface area (Å²) in [7, 11) is 3.00. The maximum Gasteiger partial charge on any atom is 0.277 e. The van der Waals surface area contributed by atoms with Crippen LogP contribution in [0.15, 0.2) is 56.9 Å². The predicted octanol–water partition coefficient (Wildman–Crippen LogP) is 3.28. The molecule has 0 spiro atoms. The number of thioether (sulfide) groups is 1. The summed E-state index contributed by atoms with van der Waals surface area (Å²) in [6.45, 7) is -0.134. The van der Waals surface area contributed by atoms with E-state index in [1.54, 1.807) is 12.1 Å². The number of methoxy groups -OCH3 is 2. The van der Waals surface area contributed by atoms with Crippen molar-refractivity contribution in [2.75, 3.05) is 14.2 Å². The highest BCUT2D eigenvalue weighted by Crippen LogP contribution is 2.31. The standard InChI is InChI=1S/C21H17N5O4S/c1-28-16-10-14-15(11-17(16)29-2)23-18(26(9-8-22)20(14)27)12-31-21-25-24-19(30-21)13-6-4-3-5-7-13/h3-7,10-11H,9,12H2,1-2H3. The lowest BCUT2D eigenvalue weighted by Gasteiger charge is -2.12. The van der Waals surface area contributed by atoms with Gasteiger partial charge in [-0.1, -0.05) is 30.0 Å². The minimum Gasteiger partial charge on any atom is -0.493 e. The van der Waals surface area contributed by atoms with Crippen LogP contribution in [0.1, 0.15) is 5.82 Å². The number of benzene rings is 2. The molecule has 0 bridgehead atoms. The molecule has 0 aliphatic rings. The van der Waals surface area contributed by atoms with Gasteiger partial charge in [0.2, 0.25) is 5.89 Å². The van der Waals surface area contributed by atoms with Crippen molar-refractivity contribution in [1.29, 1.82) is 5.26 Å². The first kappa shape index (κ1) is 20.4. The zero-order valence-corrected chi connectivity index (χ0v) is 17.5. The van der Waals surface area contributed by atoms with Crippen LogP contribution in [-0.2, 0) is 12.3 Å². The average Bonchev–Trinajstić information content (AvgIpc) is 3.28. The van der Waals surface area contributed by atoms with Crippen LogP contribution in [0.4, 0.5) is 0 Å². The first-order chi connectivity index (χ1) is 15.1. The minimum atomic E-state index is -0.335. The molecule has 0 aliphatic carbocycles. The van der Waals surface area contributed by atoms with Crippen LogP contribution in [0, 0.1) is 11.3 Å². The van der Waals surface area contributed by atoms with Crippen LogP contribution in [-0.4, -0.2) is 34.0 Å². The van der Waals surface area contributed by atoms with Gasteiger partial charge in [0.25, 0.3) is 10.8 Å². The summed E-state index contributed by atoms with van der Waals surface area (Å²) in [5.41, 5.74) is 0.926. The molecule has 2 aromatic carbocycles. The molecule has 0 atom stereocenters. The third kappa shape index (κ3) is 4.08. The van der Waals surface area contributed by atoms with E-state index in [2.05, 4.69) is 15.2 Å². The molecule has 0 saturated carbocycles. The maximum atomic E-state index is 13.0. The molecule has 0 radical (unpaired) electrons. The van der Waals surface area contributed by atoms with Gasteiger partial charge in [-0.15, -0.1) is 10.2 Å². The molecular formula is C21H17N5O4S. The van der Waals surface area contributed by atoms with E-state index in [0.29, 0.717) is 39.3 Å². The van der Waals surface area contributed by atoms with E-state index in [0.717, 1.165) is 5.56 Å². The van der Waals surface area contributed by atoms with Gasteiger partial charge in [0, 0.05) is 11.6 Å². The second-order valence-corrected chi connectivity index (χ2v) is 7.26. The summed E-state index contributed by atoms with van der Waals surface area (Å²) in [6.07, 6.45) is 0. The number of nitriles is 1. The molecule has 4 rings (SSSR count).